The first-order valence-corrected chi connectivity index (χ1v) is 11.9. The van der Waals surface area contributed by atoms with E-state index in [2.05, 4.69) is 15.5 Å². The maximum absolute atomic E-state index is 12.9. The third-order valence-corrected chi connectivity index (χ3v) is 6.64. The number of carbonyl (C=O) groups excluding carboxylic acids is 3. The summed E-state index contributed by atoms with van der Waals surface area (Å²) in [6.07, 6.45) is 1.81. The van der Waals surface area contributed by atoms with E-state index in [0.717, 1.165) is 31.5 Å². The quantitative estimate of drug-likeness (QED) is 0.520. The van der Waals surface area contributed by atoms with Gasteiger partial charge in [-0.15, -0.1) is 11.8 Å². The third kappa shape index (κ3) is 7.87. The molecule has 1 heterocycles. The van der Waals surface area contributed by atoms with Crippen LogP contribution in [0.3, 0.4) is 0 Å². The van der Waals surface area contributed by atoms with Crippen LogP contribution in [-0.4, -0.2) is 46.7 Å². The van der Waals surface area contributed by atoms with E-state index in [9.17, 15) is 18.8 Å². The van der Waals surface area contributed by atoms with Crippen molar-refractivity contribution in [2.75, 3.05) is 29.5 Å². The maximum atomic E-state index is 12.9. The smallest absolute Gasteiger partial charge is 0.237 e. The molecule has 3 amide bonds. The topological polar surface area (TPSA) is 105 Å². The minimum absolute atomic E-state index is 0.0888. The summed E-state index contributed by atoms with van der Waals surface area (Å²) in [6.45, 7) is 4.08. The van der Waals surface area contributed by atoms with Crippen LogP contribution in [0.5, 0.6) is 0 Å². The molecule has 9 heteroatoms. The van der Waals surface area contributed by atoms with Gasteiger partial charge in [0.25, 0.3) is 0 Å². The first-order valence-electron chi connectivity index (χ1n) is 10.9. The summed E-state index contributed by atoms with van der Waals surface area (Å²) in [5.41, 5.74) is 7.73. The van der Waals surface area contributed by atoms with Gasteiger partial charge in [-0.3, -0.25) is 19.3 Å². The standard InChI is InChI=1S/C24H29FN4O3S/c1-16(33-15-22(30)27-20-10-6-19(25)7-11-20)24(32)28-21-8-4-17(5-9-21)13-29-12-2-3-18(14-29)23(26)31/h4-11,16,18H,2-3,12-15H2,1H3,(H2,26,31)(H,27,30)(H,28,32). The molecule has 0 aromatic heterocycles. The summed E-state index contributed by atoms with van der Waals surface area (Å²) < 4.78 is 12.9. The SMILES string of the molecule is CC(SCC(=O)Nc1ccc(F)cc1)C(=O)Nc1ccc(CN2CCCC(C(N)=O)C2)cc1. The van der Waals surface area contributed by atoms with Crippen LogP contribution in [-0.2, 0) is 20.9 Å². The number of thioether (sulfide) groups is 1. The lowest BCUT2D eigenvalue weighted by atomic mass is 9.97. The predicted octanol–water partition coefficient (Wildman–Crippen LogP) is 3.22. The fourth-order valence-corrected chi connectivity index (χ4v) is 4.32. The number of nitrogens with zero attached hydrogens (tertiary/aromatic N) is 1. The highest BCUT2D eigenvalue weighted by atomic mass is 32.2. The summed E-state index contributed by atoms with van der Waals surface area (Å²) in [6, 6.07) is 13.1. The minimum Gasteiger partial charge on any atom is -0.369 e. The second-order valence-corrected chi connectivity index (χ2v) is 9.50. The molecule has 0 aliphatic carbocycles. The van der Waals surface area contributed by atoms with Gasteiger partial charge in [-0.05, 0) is 68.3 Å². The van der Waals surface area contributed by atoms with Crippen LogP contribution in [0.4, 0.5) is 15.8 Å². The fourth-order valence-electron chi connectivity index (χ4n) is 3.63. The number of carbonyl (C=O) groups is 3. The molecule has 1 aliphatic heterocycles. The van der Waals surface area contributed by atoms with Gasteiger partial charge >= 0.3 is 0 Å². The number of benzene rings is 2. The molecule has 0 bridgehead atoms. The average molecular weight is 473 g/mol. The van der Waals surface area contributed by atoms with Crippen LogP contribution < -0.4 is 16.4 Å². The molecule has 4 N–H and O–H groups in total. The van der Waals surface area contributed by atoms with Crippen LogP contribution in [0.25, 0.3) is 0 Å². The third-order valence-electron chi connectivity index (χ3n) is 5.50. The molecule has 7 nitrogen and oxygen atoms in total. The molecule has 1 fully saturated rings. The first-order chi connectivity index (χ1) is 15.8. The number of rotatable bonds is 9. The second-order valence-electron chi connectivity index (χ2n) is 8.17. The molecule has 176 valence electrons. The van der Waals surface area contributed by atoms with E-state index in [1.54, 1.807) is 6.92 Å². The van der Waals surface area contributed by atoms with Crippen LogP contribution >= 0.6 is 11.8 Å². The van der Waals surface area contributed by atoms with Crippen LogP contribution in [0.1, 0.15) is 25.3 Å². The van der Waals surface area contributed by atoms with Crippen molar-refractivity contribution in [3.05, 3.63) is 59.9 Å². The van der Waals surface area contributed by atoms with Crippen LogP contribution in [0, 0.1) is 11.7 Å². The fraction of sp³-hybridized carbons (Fsp3) is 0.375. The first kappa shape index (κ1) is 24.7. The normalized spacial score (nSPS) is 17.2. The number of hydrogen-bond donors (Lipinski definition) is 3. The number of piperidine rings is 1. The molecule has 1 saturated heterocycles. The lowest BCUT2D eigenvalue weighted by molar-refractivity contribution is -0.123. The number of anilines is 2. The summed E-state index contributed by atoms with van der Waals surface area (Å²) in [4.78, 5) is 38.2. The van der Waals surface area contributed by atoms with E-state index >= 15 is 0 Å². The Hall–Kier alpha value is -2.91. The zero-order valence-corrected chi connectivity index (χ0v) is 19.4. The number of amides is 3. The Morgan fingerprint density at radius 2 is 1.73 bits per heavy atom. The minimum atomic E-state index is -0.428. The predicted molar refractivity (Wildman–Crippen MR) is 129 cm³/mol. The molecule has 0 saturated carbocycles. The van der Waals surface area contributed by atoms with Crippen molar-refractivity contribution in [3.8, 4) is 0 Å². The number of likely N-dealkylation sites (tertiary alicyclic amines) is 1. The molecule has 0 spiro atoms. The number of nitrogens with two attached hydrogens (primary N) is 1. The Morgan fingerprint density at radius 3 is 2.39 bits per heavy atom. The molecule has 3 rings (SSSR count). The number of nitrogens with one attached hydrogen (secondary N) is 2. The molecule has 1 aliphatic rings. The second kappa shape index (κ2) is 11.8. The Morgan fingerprint density at radius 1 is 1.09 bits per heavy atom. The monoisotopic (exact) mass is 472 g/mol. The summed E-state index contributed by atoms with van der Waals surface area (Å²) in [7, 11) is 0. The van der Waals surface area contributed by atoms with Crippen molar-refractivity contribution in [3.63, 3.8) is 0 Å². The highest BCUT2D eigenvalue weighted by Crippen LogP contribution is 2.20. The van der Waals surface area contributed by atoms with Gasteiger partial charge in [0.05, 0.1) is 16.9 Å². The van der Waals surface area contributed by atoms with E-state index in [4.69, 9.17) is 5.73 Å². The van der Waals surface area contributed by atoms with Gasteiger partial charge in [-0.1, -0.05) is 12.1 Å². The average Bonchev–Trinajstić information content (AvgIpc) is 2.80. The van der Waals surface area contributed by atoms with Crippen molar-refractivity contribution < 1.29 is 18.8 Å². The highest BCUT2D eigenvalue weighted by molar-refractivity contribution is 8.01. The Labute approximate surface area is 197 Å². The molecule has 2 unspecified atom stereocenters. The lowest BCUT2D eigenvalue weighted by Crippen LogP contribution is -2.40. The zero-order chi connectivity index (χ0) is 23.8. The van der Waals surface area contributed by atoms with Crippen molar-refractivity contribution >= 4 is 40.9 Å². The summed E-state index contributed by atoms with van der Waals surface area (Å²) >= 11 is 1.22. The van der Waals surface area contributed by atoms with Crippen molar-refractivity contribution in [1.29, 1.82) is 0 Å². The Bertz CT molecular complexity index is 969. The number of primary amides is 1. The summed E-state index contributed by atoms with van der Waals surface area (Å²) in [5.74, 6) is -1.04. The van der Waals surface area contributed by atoms with Gasteiger partial charge in [-0.2, -0.15) is 0 Å². The molecular formula is C24H29FN4O3S. The molecular weight excluding hydrogens is 443 g/mol. The molecule has 33 heavy (non-hydrogen) atoms. The van der Waals surface area contributed by atoms with Gasteiger partial charge < -0.3 is 16.4 Å². The maximum Gasteiger partial charge on any atom is 0.237 e. The van der Waals surface area contributed by atoms with Crippen molar-refractivity contribution in [2.45, 2.75) is 31.6 Å². The van der Waals surface area contributed by atoms with E-state index < -0.39 is 5.25 Å². The van der Waals surface area contributed by atoms with Gasteiger partial charge in [0, 0.05) is 24.5 Å². The van der Waals surface area contributed by atoms with Gasteiger partial charge in [-0.25, -0.2) is 4.39 Å². The van der Waals surface area contributed by atoms with E-state index in [0.29, 0.717) is 17.9 Å². The lowest BCUT2D eigenvalue weighted by Gasteiger charge is -2.31. The van der Waals surface area contributed by atoms with Gasteiger partial charge in [0.2, 0.25) is 17.7 Å². The van der Waals surface area contributed by atoms with Crippen LogP contribution in [0.15, 0.2) is 48.5 Å². The molecule has 2 atom stereocenters. The van der Waals surface area contributed by atoms with E-state index in [1.165, 1.54) is 36.0 Å². The molecule has 2 aromatic carbocycles. The molecule has 2 aromatic rings. The van der Waals surface area contributed by atoms with E-state index in [1.807, 2.05) is 24.3 Å². The van der Waals surface area contributed by atoms with Crippen LogP contribution in [0.2, 0.25) is 0 Å². The Kier molecular flexibility index (Phi) is 8.85. The summed E-state index contributed by atoms with van der Waals surface area (Å²) in [5, 5.41) is 5.11. The van der Waals surface area contributed by atoms with Gasteiger partial charge in [0.1, 0.15) is 5.82 Å². The Balaban J connectivity index is 1.42. The van der Waals surface area contributed by atoms with Gasteiger partial charge in [0.15, 0.2) is 0 Å². The van der Waals surface area contributed by atoms with E-state index in [-0.39, 0.29) is 35.2 Å². The number of halogens is 1. The molecule has 0 radical (unpaired) electrons. The largest absolute Gasteiger partial charge is 0.369 e. The van der Waals surface area contributed by atoms with Crippen molar-refractivity contribution in [1.82, 2.24) is 4.90 Å². The highest BCUT2D eigenvalue weighted by Gasteiger charge is 2.23. The zero-order valence-electron chi connectivity index (χ0n) is 18.6. The number of hydrogen-bond acceptors (Lipinski definition) is 5. The van der Waals surface area contributed by atoms with Crippen molar-refractivity contribution in [2.24, 2.45) is 11.7 Å².